The van der Waals surface area contributed by atoms with Gasteiger partial charge in [0.25, 0.3) is 5.91 Å². The fourth-order valence-electron chi connectivity index (χ4n) is 5.23. The van der Waals surface area contributed by atoms with Gasteiger partial charge in [-0.05, 0) is 45.2 Å². The second-order valence-corrected chi connectivity index (χ2v) is 9.70. The molecular weight excluding hydrogens is 452 g/mol. The highest BCUT2D eigenvalue weighted by Crippen LogP contribution is 2.29. The summed E-state index contributed by atoms with van der Waals surface area (Å²) in [7, 11) is 0. The van der Waals surface area contributed by atoms with Gasteiger partial charge in [-0.1, -0.05) is 53.2 Å². The Kier molecular flexibility index (Phi) is 5.89. The standard InChI is InChI=1S/C28H30N6O2/c1-19-11-13-21(14-12-19)26-29-27(36-31-26)20(2)32-15-17-33(18-16-32)28(35)25-23-9-6-10-24(23)34(30-25)22-7-4-3-5-8-22/h3-5,7-8,11-14,20H,6,9-10,15-18H2,1-2H3. The van der Waals surface area contributed by atoms with Crippen LogP contribution < -0.4 is 0 Å². The first kappa shape index (κ1) is 22.7. The number of rotatable bonds is 5. The maximum Gasteiger partial charge on any atom is 0.274 e. The molecule has 8 nitrogen and oxygen atoms in total. The third-order valence-electron chi connectivity index (χ3n) is 7.39. The highest BCUT2D eigenvalue weighted by atomic mass is 16.5. The number of aryl methyl sites for hydroxylation is 1. The highest BCUT2D eigenvalue weighted by molar-refractivity contribution is 5.94. The summed E-state index contributed by atoms with van der Waals surface area (Å²) in [4.78, 5) is 22.4. The zero-order valence-electron chi connectivity index (χ0n) is 20.7. The molecule has 2 aliphatic rings. The van der Waals surface area contributed by atoms with E-state index in [9.17, 15) is 4.79 Å². The number of aromatic nitrogens is 4. The normalized spacial score (nSPS) is 16.8. The summed E-state index contributed by atoms with van der Waals surface area (Å²) in [5, 5.41) is 8.98. The number of benzene rings is 2. The maximum atomic E-state index is 13.5. The molecule has 2 aromatic carbocycles. The fourth-order valence-corrected chi connectivity index (χ4v) is 5.23. The van der Waals surface area contributed by atoms with Gasteiger partial charge in [-0.25, -0.2) is 4.68 Å². The van der Waals surface area contributed by atoms with Crippen LogP contribution in [-0.2, 0) is 12.8 Å². The number of carbonyl (C=O) groups is 1. The van der Waals surface area contributed by atoms with Gasteiger partial charge in [-0.3, -0.25) is 9.69 Å². The van der Waals surface area contributed by atoms with Crippen molar-refractivity contribution in [2.75, 3.05) is 26.2 Å². The van der Waals surface area contributed by atoms with Crippen LogP contribution in [0.2, 0.25) is 0 Å². The molecule has 2 aromatic heterocycles. The van der Waals surface area contributed by atoms with Crippen LogP contribution in [0.4, 0.5) is 0 Å². The van der Waals surface area contributed by atoms with Crippen molar-refractivity contribution in [3.05, 3.63) is 83.0 Å². The summed E-state index contributed by atoms with van der Waals surface area (Å²) in [6.45, 7) is 6.93. The lowest BCUT2D eigenvalue weighted by atomic mass is 10.1. The Hall–Kier alpha value is -3.78. The zero-order chi connectivity index (χ0) is 24.6. The van der Waals surface area contributed by atoms with E-state index < -0.39 is 0 Å². The van der Waals surface area contributed by atoms with Crippen molar-refractivity contribution in [2.45, 2.75) is 39.2 Å². The van der Waals surface area contributed by atoms with E-state index in [0.717, 1.165) is 49.2 Å². The Bertz CT molecular complexity index is 1370. The lowest BCUT2D eigenvalue weighted by Crippen LogP contribution is -2.49. The highest BCUT2D eigenvalue weighted by Gasteiger charge is 2.33. The van der Waals surface area contributed by atoms with Crippen LogP contribution in [0.15, 0.2) is 59.1 Å². The van der Waals surface area contributed by atoms with Gasteiger partial charge < -0.3 is 9.42 Å². The lowest BCUT2D eigenvalue weighted by Gasteiger charge is -2.36. The van der Waals surface area contributed by atoms with E-state index in [2.05, 4.69) is 28.9 Å². The molecular formula is C28H30N6O2. The molecule has 6 rings (SSSR count). The van der Waals surface area contributed by atoms with Gasteiger partial charge in [0.2, 0.25) is 11.7 Å². The van der Waals surface area contributed by atoms with Crippen molar-refractivity contribution in [3.8, 4) is 17.1 Å². The molecule has 1 saturated heterocycles. The van der Waals surface area contributed by atoms with Crippen molar-refractivity contribution in [1.29, 1.82) is 0 Å². The van der Waals surface area contributed by atoms with Crippen LogP contribution in [0.5, 0.6) is 0 Å². The average molecular weight is 483 g/mol. The van der Waals surface area contributed by atoms with E-state index in [1.54, 1.807) is 0 Å². The topological polar surface area (TPSA) is 80.3 Å². The quantitative estimate of drug-likeness (QED) is 0.423. The van der Waals surface area contributed by atoms with Crippen molar-refractivity contribution >= 4 is 5.91 Å². The van der Waals surface area contributed by atoms with Crippen LogP contribution in [0, 0.1) is 6.92 Å². The summed E-state index contributed by atoms with van der Waals surface area (Å²) in [5.41, 5.74) is 6.07. The molecule has 0 saturated carbocycles. The molecule has 3 heterocycles. The van der Waals surface area contributed by atoms with Crippen LogP contribution in [0.25, 0.3) is 17.1 Å². The Morgan fingerprint density at radius 2 is 1.72 bits per heavy atom. The summed E-state index contributed by atoms with van der Waals surface area (Å²) >= 11 is 0. The van der Waals surface area contributed by atoms with Gasteiger partial charge in [0, 0.05) is 43.0 Å². The number of para-hydroxylation sites is 1. The van der Waals surface area contributed by atoms with Crippen LogP contribution in [-0.4, -0.2) is 61.8 Å². The van der Waals surface area contributed by atoms with Gasteiger partial charge in [0.05, 0.1) is 11.7 Å². The van der Waals surface area contributed by atoms with E-state index in [1.807, 2.05) is 64.2 Å². The average Bonchev–Trinajstić information content (AvgIpc) is 3.66. The smallest absolute Gasteiger partial charge is 0.274 e. The Balaban J connectivity index is 1.13. The van der Waals surface area contributed by atoms with E-state index >= 15 is 0 Å². The molecule has 4 aromatic rings. The number of nitrogens with zero attached hydrogens (tertiary/aromatic N) is 6. The molecule has 0 radical (unpaired) electrons. The molecule has 1 aliphatic heterocycles. The van der Waals surface area contributed by atoms with E-state index in [0.29, 0.717) is 30.5 Å². The van der Waals surface area contributed by atoms with Crippen LogP contribution in [0.1, 0.15) is 52.6 Å². The second-order valence-electron chi connectivity index (χ2n) is 9.70. The van der Waals surface area contributed by atoms with Crippen molar-refractivity contribution in [1.82, 2.24) is 29.7 Å². The molecule has 184 valence electrons. The van der Waals surface area contributed by atoms with E-state index in [1.165, 1.54) is 11.3 Å². The van der Waals surface area contributed by atoms with Crippen molar-refractivity contribution in [2.24, 2.45) is 0 Å². The van der Waals surface area contributed by atoms with E-state index in [4.69, 9.17) is 9.62 Å². The number of carbonyl (C=O) groups excluding carboxylic acids is 1. The van der Waals surface area contributed by atoms with Gasteiger partial charge in [-0.2, -0.15) is 10.1 Å². The van der Waals surface area contributed by atoms with Gasteiger partial charge in [0.15, 0.2) is 5.69 Å². The fraction of sp³-hybridized carbons (Fsp3) is 0.357. The molecule has 8 heteroatoms. The number of hydrogen-bond donors (Lipinski definition) is 0. The molecule has 0 spiro atoms. The summed E-state index contributed by atoms with van der Waals surface area (Å²) < 4.78 is 7.57. The van der Waals surface area contributed by atoms with Gasteiger partial charge >= 0.3 is 0 Å². The third kappa shape index (κ3) is 4.11. The SMILES string of the molecule is Cc1ccc(-c2noc(C(C)N3CCN(C(=O)c4nn(-c5ccccc5)c5c4CCC5)CC3)n2)cc1. The summed E-state index contributed by atoms with van der Waals surface area (Å²) in [5.74, 6) is 1.24. The minimum absolute atomic E-state index is 0.0181. The monoisotopic (exact) mass is 482 g/mol. The number of fused-ring (bicyclic) bond motifs is 1. The molecule has 1 amide bonds. The third-order valence-corrected chi connectivity index (χ3v) is 7.39. The lowest BCUT2D eigenvalue weighted by molar-refractivity contribution is 0.0545. The van der Waals surface area contributed by atoms with E-state index in [-0.39, 0.29) is 11.9 Å². The molecule has 1 fully saturated rings. The molecule has 1 aliphatic carbocycles. The molecule has 1 atom stereocenters. The van der Waals surface area contributed by atoms with Gasteiger partial charge in [-0.15, -0.1) is 0 Å². The predicted molar refractivity (Wildman–Crippen MR) is 136 cm³/mol. The Morgan fingerprint density at radius 1 is 0.972 bits per heavy atom. The first-order valence-electron chi connectivity index (χ1n) is 12.7. The largest absolute Gasteiger partial charge is 0.337 e. The van der Waals surface area contributed by atoms with Gasteiger partial charge in [0.1, 0.15) is 0 Å². The maximum absolute atomic E-state index is 13.5. The van der Waals surface area contributed by atoms with Crippen molar-refractivity contribution in [3.63, 3.8) is 0 Å². The number of amides is 1. The van der Waals surface area contributed by atoms with Crippen LogP contribution in [0.3, 0.4) is 0 Å². The zero-order valence-corrected chi connectivity index (χ0v) is 20.7. The van der Waals surface area contributed by atoms with Crippen LogP contribution >= 0.6 is 0 Å². The number of piperazine rings is 1. The molecule has 0 bridgehead atoms. The molecule has 1 unspecified atom stereocenters. The summed E-state index contributed by atoms with van der Waals surface area (Å²) in [6.07, 6.45) is 2.95. The minimum Gasteiger partial charge on any atom is -0.337 e. The van der Waals surface area contributed by atoms with Crippen molar-refractivity contribution < 1.29 is 9.32 Å². The predicted octanol–water partition coefficient (Wildman–Crippen LogP) is 4.24. The number of hydrogen-bond acceptors (Lipinski definition) is 6. The Morgan fingerprint density at radius 3 is 2.47 bits per heavy atom. The Labute approximate surface area is 210 Å². The second kappa shape index (κ2) is 9.35. The molecule has 36 heavy (non-hydrogen) atoms. The first-order valence-corrected chi connectivity index (χ1v) is 12.7. The minimum atomic E-state index is -0.0181. The molecule has 0 N–H and O–H groups in total. The summed E-state index contributed by atoms with van der Waals surface area (Å²) in [6, 6.07) is 18.2. The first-order chi connectivity index (χ1) is 17.6.